The Morgan fingerprint density at radius 3 is 1.92 bits per heavy atom. The molecule has 0 spiro atoms. The molecule has 0 rings (SSSR count). The van der Waals surface area contributed by atoms with Crippen molar-refractivity contribution in [2.24, 2.45) is 16.6 Å². The molecule has 0 bridgehead atoms. The summed E-state index contributed by atoms with van der Waals surface area (Å²) in [6, 6.07) is 0. The van der Waals surface area contributed by atoms with Crippen LogP contribution in [0.5, 0.6) is 0 Å². The molecule has 0 radical (unpaired) electrons. The lowest BCUT2D eigenvalue weighted by atomic mass is 10.0. The average Bonchev–Trinajstić information content (AvgIpc) is 2.46. The molecule has 0 aromatic heterocycles. The van der Waals surface area contributed by atoms with Crippen LogP contribution in [0, 0.1) is 5.92 Å². The Balaban J connectivity index is -0.000000316. The number of aliphatic imine (C=N–C) groups is 1. The van der Waals surface area contributed by atoms with Crippen LogP contribution in [-0.4, -0.2) is 11.6 Å². The molecule has 1 amide bonds. The number of carbonyl (C=O) groups excluding carboxylic acids is 1. The largest absolute Gasteiger partial charge is 0.370 e. The molecule has 0 atom stereocenters. The number of hydrogen-bond acceptors (Lipinski definition) is 2. The first-order valence-corrected chi connectivity index (χ1v) is 9.36. The van der Waals surface area contributed by atoms with E-state index in [1.165, 1.54) is 45.4 Å². The molecule has 3 nitrogen and oxygen atoms in total. The quantitative estimate of drug-likeness (QED) is 0.483. The van der Waals surface area contributed by atoms with Crippen molar-refractivity contribution in [3.63, 3.8) is 0 Å². The van der Waals surface area contributed by atoms with Gasteiger partial charge in [0.15, 0.2) is 0 Å². The average molecular weight is 339 g/mol. The molecule has 0 fully saturated rings. The second-order valence-electron chi connectivity index (χ2n) is 6.22. The normalized spacial score (nSPS) is 10.8. The van der Waals surface area contributed by atoms with Gasteiger partial charge in [-0.05, 0) is 38.7 Å². The van der Waals surface area contributed by atoms with Crippen molar-refractivity contribution in [2.45, 2.75) is 93.4 Å². The van der Waals surface area contributed by atoms with E-state index in [-0.39, 0.29) is 5.91 Å². The number of primary amides is 1. The Hall–Kier alpha value is -1.38. The minimum absolute atomic E-state index is 0.333. The zero-order valence-corrected chi connectivity index (χ0v) is 17.3. The summed E-state index contributed by atoms with van der Waals surface area (Å²) in [7, 11) is 0. The molecule has 0 saturated carbocycles. The fourth-order valence-electron chi connectivity index (χ4n) is 2.09. The van der Waals surface area contributed by atoms with Crippen molar-refractivity contribution in [2.75, 3.05) is 0 Å². The minimum atomic E-state index is -0.333. The predicted molar refractivity (Wildman–Crippen MR) is 110 cm³/mol. The molecule has 24 heavy (non-hydrogen) atoms. The van der Waals surface area contributed by atoms with E-state index in [2.05, 4.69) is 45.0 Å². The monoisotopic (exact) mass is 338 g/mol. The number of nitrogens with two attached hydrogens (primary N) is 1. The molecule has 0 aliphatic carbocycles. The van der Waals surface area contributed by atoms with E-state index in [4.69, 9.17) is 0 Å². The van der Waals surface area contributed by atoms with Crippen molar-refractivity contribution < 1.29 is 4.79 Å². The van der Waals surface area contributed by atoms with Gasteiger partial charge in [-0.15, -0.1) is 0 Å². The molecule has 0 saturated heterocycles. The summed E-state index contributed by atoms with van der Waals surface area (Å²) in [6.45, 7) is 18.2. The second kappa shape index (κ2) is 21.6. The standard InChI is InChI=1S/C11H19N.C8H18.C2H5NO/c1-5-7-9-11(4)12-10(3)8-6-2;1-4-6-8(3)7-5-2;1-2(3)4/h6,8H,4-5,7,9H2,1-3H3;8H,4-7H2,1-3H3;1H3,(H2,3,4)/b8-6-,12-10?;;. The van der Waals surface area contributed by atoms with E-state index in [1.54, 1.807) is 0 Å². The fraction of sp³-hybridized carbons (Fsp3) is 0.714. The first-order valence-electron chi connectivity index (χ1n) is 9.36. The van der Waals surface area contributed by atoms with Gasteiger partial charge >= 0.3 is 0 Å². The Kier molecular flexibility index (Phi) is 24.7. The highest BCUT2D eigenvalue weighted by Crippen LogP contribution is 2.10. The van der Waals surface area contributed by atoms with Crippen LogP contribution in [0.15, 0.2) is 29.4 Å². The lowest BCUT2D eigenvalue weighted by Crippen LogP contribution is -2.01. The van der Waals surface area contributed by atoms with Crippen molar-refractivity contribution >= 4 is 11.6 Å². The Bertz CT molecular complexity index is 347. The van der Waals surface area contributed by atoms with Crippen molar-refractivity contribution in [3.05, 3.63) is 24.4 Å². The predicted octanol–water partition coefficient (Wildman–Crippen LogP) is 6.44. The van der Waals surface area contributed by atoms with E-state index in [0.717, 1.165) is 23.7 Å². The van der Waals surface area contributed by atoms with E-state index in [0.29, 0.717) is 0 Å². The summed E-state index contributed by atoms with van der Waals surface area (Å²) in [5, 5.41) is 0. The van der Waals surface area contributed by atoms with Gasteiger partial charge in [0.2, 0.25) is 5.91 Å². The Labute approximate surface area is 151 Å². The Morgan fingerprint density at radius 2 is 1.58 bits per heavy atom. The van der Waals surface area contributed by atoms with E-state index in [1.807, 2.05) is 26.0 Å². The first-order chi connectivity index (χ1) is 11.2. The van der Waals surface area contributed by atoms with Gasteiger partial charge in [0.05, 0.1) is 0 Å². The van der Waals surface area contributed by atoms with Crippen LogP contribution in [0.4, 0.5) is 0 Å². The first kappa shape index (κ1) is 27.5. The highest BCUT2D eigenvalue weighted by molar-refractivity contribution is 5.93. The zero-order chi connectivity index (χ0) is 19.4. The number of rotatable bonds is 9. The van der Waals surface area contributed by atoms with E-state index >= 15 is 0 Å². The van der Waals surface area contributed by atoms with Gasteiger partial charge in [-0.1, -0.05) is 72.5 Å². The molecule has 142 valence electrons. The number of amides is 1. The van der Waals surface area contributed by atoms with Gasteiger partial charge in [0, 0.05) is 18.3 Å². The fourth-order valence-corrected chi connectivity index (χ4v) is 2.09. The number of unbranched alkanes of at least 4 members (excludes halogenated alkanes) is 1. The lowest BCUT2D eigenvalue weighted by molar-refractivity contribution is -0.115. The topological polar surface area (TPSA) is 55.4 Å². The Morgan fingerprint density at radius 1 is 1.12 bits per heavy atom. The van der Waals surface area contributed by atoms with Crippen LogP contribution in [0.25, 0.3) is 0 Å². The molecule has 2 N–H and O–H groups in total. The SMILES string of the molecule is C=C(CCCC)N=C(C)/C=C\C.CC(N)=O.CCCC(C)CCC. The smallest absolute Gasteiger partial charge is 0.214 e. The molecular weight excluding hydrogens is 296 g/mol. The summed E-state index contributed by atoms with van der Waals surface area (Å²) in [5.74, 6) is 0.630. The van der Waals surface area contributed by atoms with Crippen molar-refractivity contribution in [1.29, 1.82) is 0 Å². The number of hydrogen-bond donors (Lipinski definition) is 1. The summed E-state index contributed by atoms with van der Waals surface area (Å²) < 4.78 is 0. The van der Waals surface area contributed by atoms with E-state index in [9.17, 15) is 4.79 Å². The summed E-state index contributed by atoms with van der Waals surface area (Å²) in [5.41, 5.74) is 6.51. The third kappa shape index (κ3) is 32.5. The maximum Gasteiger partial charge on any atom is 0.214 e. The summed E-state index contributed by atoms with van der Waals surface area (Å²) >= 11 is 0. The number of allylic oxidation sites excluding steroid dienone is 3. The van der Waals surface area contributed by atoms with Crippen LogP contribution in [0.1, 0.15) is 93.4 Å². The van der Waals surface area contributed by atoms with Gasteiger partial charge in [0.1, 0.15) is 0 Å². The van der Waals surface area contributed by atoms with Gasteiger partial charge in [-0.2, -0.15) is 0 Å². The maximum absolute atomic E-state index is 9.22. The molecule has 0 heterocycles. The number of nitrogens with zero attached hydrogens (tertiary/aromatic N) is 1. The van der Waals surface area contributed by atoms with Crippen LogP contribution in [-0.2, 0) is 4.79 Å². The summed E-state index contributed by atoms with van der Waals surface area (Å²) in [6.07, 6.45) is 12.9. The third-order valence-electron chi connectivity index (χ3n) is 3.12. The van der Waals surface area contributed by atoms with Crippen molar-refractivity contribution in [3.8, 4) is 0 Å². The molecule has 0 aromatic rings. The van der Waals surface area contributed by atoms with Crippen LogP contribution >= 0.6 is 0 Å². The molecule has 0 aromatic carbocycles. The molecule has 0 unspecified atom stereocenters. The third-order valence-corrected chi connectivity index (χ3v) is 3.12. The van der Waals surface area contributed by atoms with E-state index < -0.39 is 0 Å². The van der Waals surface area contributed by atoms with Crippen LogP contribution in [0.2, 0.25) is 0 Å². The van der Waals surface area contributed by atoms with Crippen LogP contribution in [0.3, 0.4) is 0 Å². The molecular formula is C21H42N2O. The molecule has 0 aliphatic heterocycles. The highest BCUT2D eigenvalue weighted by atomic mass is 16.1. The number of carbonyl (C=O) groups is 1. The highest BCUT2D eigenvalue weighted by Gasteiger charge is 1.95. The van der Waals surface area contributed by atoms with Gasteiger partial charge < -0.3 is 5.73 Å². The molecule has 3 heteroatoms. The second-order valence-corrected chi connectivity index (χ2v) is 6.22. The maximum atomic E-state index is 9.22. The lowest BCUT2D eigenvalue weighted by Gasteiger charge is -2.05. The minimum Gasteiger partial charge on any atom is -0.370 e. The van der Waals surface area contributed by atoms with Gasteiger partial charge in [-0.25, -0.2) is 0 Å². The summed E-state index contributed by atoms with van der Waals surface area (Å²) in [4.78, 5) is 13.6. The zero-order valence-electron chi connectivity index (χ0n) is 17.3. The van der Waals surface area contributed by atoms with Gasteiger partial charge in [0.25, 0.3) is 0 Å². The molecule has 0 aliphatic rings. The van der Waals surface area contributed by atoms with Crippen LogP contribution < -0.4 is 5.73 Å². The van der Waals surface area contributed by atoms with Gasteiger partial charge in [-0.3, -0.25) is 9.79 Å². The van der Waals surface area contributed by atoms with Crippen molar-refractivity contribution in [1.82, 2.24) is 0 Å².